The summed E-state index contributed by atoms with van der Waals surface area (Å²) in [6, 6.07) is 4.16. The van der Waals surface area contributed by atoms with Crippen molar-refractivity contribution in [3.05, 3.63) is 30.1 Å². The van der Waals surface area contributed by atoms with Crippen LogP contribution in [0.25, 0.3) is 11.0 Å². The normalized spacial score (nSPS) is 12.2. The fourth-order valence-corrected chi connectivity index (χ4v) is 1.34. The first kappa shape index (κ1) is 8.30. The third-order valence-electron chi connectivity index (χ3n) is 2.26. The van der Waals surface area contributed by atoms with Crippen molar-refractivity contribution < 1.29 is 0 Å². The number of nitrogens with zero attached hydrogens (tertiary/aromatic N) is 1. The second-order valence-electron chi connectivity index (χ2n) is 4.38. The van der Waals surface area contributed by atoms with Gasteiger partial charge < -0.3 is 4.98 Å². The van der Waals surface area contributed by atoms with Crippen LogP contribution in [0.15, 0.2) is 24.5 Å². The zero-order valence-corrected chi connectivity index (χ0v) is 8.26. The van der Waals surface area contributed by atoms with Gasteiger partial charge in [-0.2, -0.15) is 0 Å². The van der Waals surface area contributed by atoms with Crippen molar-refractivity contribution in [2.24, 2.45) is 0 Å². The van der Waals surface area contributed by atoms with Crippen LogP contribution >= 0.6 is 0 Å². The van der Waals surface area contributed by atoms with Gasteiger partial charge in [0.15, 0.2) is 0 Å². The predicted octanol–water partition coefficient (Wildman–Crippen LogP) is 2.86. The molecule has 0 saturated carbocycles. The fraction of sp³-hybridized carbons (Fsp3) is 0.364. The van der Waals surface area contributed by atoms with E-state index < -0.39 is 0 Å². The van der Waals surface area contributed by atoms with E-state index in [0.29, 0.717) is 0 Å². The molecule has 0 aliphatic rings. The van der Waals surface area contributed by atoms with Crippen molar-refractivity contribution in [3.8, 4) is 0 Å². The number of aromatic nitrogens is 2. The number of aromatic amines is 1. The Morgan fingerprint density at radius 2 is 2.08 bits per heavy atom. The van der Waals surface area contributed by atoms with Crippen LogP contribution in [0.4, 0.5) is 0 Å². The van der Waals surface area contributed by atoms with Crippen molar-refractivity contribution in [3.63, 3.8) is 0 Å². The lowest BCUT2D eigenvalue weighted by atomic mass is 9.88. The van der Waals surface area contributed by atoms with Gasteiger partial charge in [0.2, 0.25) is 0 Å². The summed E-state index contributed by atoms with van der Waals surface area (Å²) in [6.07, 6.45) is 3.88. The van der Waals surface area contributed by atoms with E-state index in [0.717, 1.165) is 11.0 Å². The van der Waals surface area contributed by atoms with Gasteiger partial charge in [0.05, 0.1) is 11.0 Å². The molecule has 0 aliphatic carbocycles. The van der Waals surface area contributed by atoms with Crippen LogP contribution < -0.4 is 0 Å². The average molecular weight is 174 g/mol. The first-order valence-electron chi connectivity index (χ1n) is 4.51. The molecule has 0 amide bonds. The Hall–Kier alpha value is -1.31. The van der Waals surface area contributed by atoms with Gasteiger partial charge in [0.25, 0.3) is 0 Å². The van der Waals surface area contributed by atoms with Gasteiger partial charge in [-0.05, 0) is 23.1 Å². The third kappa shape index (κ3) is 1.44. The Labute approximate surface area is 78.0 Å². The van der Waals surface area contributed by atoms with Crippen LogP contribution in [0, 0.1) is 0 Å². The summed E-state index contributed by atoms with van der Waals surface area (Å²) < 4.78 is 0. The quantitative estimate of drug-likeness (QED) is 0.653. The molecular weight excluding hydrogens is 160 g/mol. The monoisotopic (exact) mass is 174 g/mol. The molecule has 0 unspecified atom stereocenters. The van der Waals surface area contributed by atoms with Crippen LogP contribution in [0.1, 0.15) is 26.3 Å². The van der Waals surface area contributed by atoms with Crippen molar-refractivity contribution in [1.29, 1.82) is 0 Å². The predicted molar refractivity (Wildman–Crippen MR) is 54.8 cm³/mol. The van der Waals surface area contributed by atoms with E-state index in [1.165, 1.54) is 5.56 Å². The smallest absolute Gasteiger partial charge is 0.0878 e. The Bertz CT molecular complexity index is 421. The molecule has 0 saturated heterocycles. The molecular formula is C11H14N2. The van der Waals surface area contributed by atoms with Crippen molar-refractivity contribution in [2.45, 2.75) is 26.2 Å². The minimum absolute atomic E-state index is 0.173. The Morgan fingerprint density at radius 1 is 1.31 bits per heavy atom. The SMILES string of the molecule is CC(C)(C)c1cnc2cc[nH]c2c1. The van der Waals surface area contributed by atoms with E-state index >= 15 is 0 Å². The van der Waals surface area contributed by atoms with Gasteiger partial charge in [-0.25, -0.2) is 0 Å². The van der Waals surface area contributed by atoms with Crippen LogP contribution in [0.2, 0.25) is 0 Å². The summed E-state index contributed by atoms with van der Waals surface area (Å²) in [5.41, 5.74) is 3.59. The maximum absolute atomic E-state index is 4.38. The minimum Gasteiger partial charge on any atom is -0.360 e. The van der Waals surface area contributed by atoms with E-state index in [-0.39, 0.29) is 5.41 Å². The molecule has 0 bridgehead atoms. The van der Waals surface area contributed by atoms with Crippen molar-refractivity contribution >= 4 is 11.0 Å². The number of nitrogens with one attached hydrogen (secondary N) is 1. The van der Waals surface area contributed by atoms with Gasteiger partial charge in [0, 0.05) is 12.4 Å². The van der Waals surface area contributed by atoms with E-state index in [1.807, 2.05) is 18.5 Å². The Kier molecular flexibility index (Phi) is 1.65. The molecule has 2 heterocycles. The van der Waals surface area contributed by atoms with Crippen molar-refractivity contribution in [2.75, 3.05) is 0 Å². The molecule has 13 heavy (non-hydrogen) atoms. The van der Waals surface area contributed by atoms with E-state index in [2.05, 4.69) is 36.8 Å². The summed E-state index contributed by atoms with van der Waals surface area (Å²) in [5, 5.41) is 0. The molecule has 0 radical (unpaired) electrons. The fourth-order valence-electron chi connectivity index (χ4n) is 1.34. The summed E-state index contributed by atoms with van der Waals surface area (Å²) in [5.74, 6) is 0. The van der Waals surface area contributed by atoms with Gasteiger partial charge in [-0.1, -0.05) is 20.8 Å². The van der Waals surface area contributed by atoms with Crippen LogP contribution in [0.3, 0.4) is 0 Å². The first-order valence-corrected chi connectivity index (χ1v) is 4.51. The Morgan fingerprint density at radius 3 is 2.77 bits per heavy atom. The van der Waals surface area contributed by atoms with Crippen molar-refractivity contribution in [1.82, 2.24) is 9.97 Å². The lowest BCUT2D eigenvalue weighted by Gasteiger charge is -2.17. The molecule has 2 rings (SSSR count). The molecule has 0 atom stereocenters. The maximum atomic E-state index is 4.38. The molecule has 2 nitrogen and oxygen atoms in total. The lowest BCUT2D eigenvalue weighted by molar-refractivity contribution is 0.588. The molecule has 2 aromatic heterocycles. The van der Waals surface area contributed by atoms with E-state index in [9.17, 15) is 0 Å². The largest absolute Gasteiger partial charge is 0.360 e. The van der Waals surface area contributed by atoms with Crippen LogP contribution in [-0.4, -0.2) is 9.97 Å². The highest BCUT2D eigenvalue weighted by Gasteiger charge is 2.14. The summed E-state index contributed by atoms with van der Waals surface area (Å²) in [7, 11) is 0. The number of hydrogen-bond acceptors (Lipinski definition) is 1. The molecule has 2 heteroatoms. The summed E-state index contributed by atoms with van der Waals surface area (Å²) in [6.45, 7) is 6.58. The van der Waals surface area contributed by atoms with Gasteiger partial charge in [-0.3, -0.25) is 4.98 Å². The highest BCUT2D eigenvalue weighted by atomic mass is 14.8. The van der Waals surface area contributed by atoms with Gasteiger partial charge in [0.1, 0.15) is 0 Å². The lowest BCUT2D eigenvalue weighted by Crippen LogP contribution is -2.11. The minimum atomic E-state index is 0.173. The zero-order chi connectivity index (χ0) is 9.47. The highest BCUT2D eigenvalue weighted by Crippen LogP contribution is 2.23. The Balaban J connectivity index is 2.61. The van der Waals surface area contributed by atoms with E-state index in [4.69, 9.17) is 0 Å². The van der Waals surface area contributed by atoms with Crippen LogP contribution in [0.5, 0.6) is 0 Å². The number of hydrogen-bond donors (Lipinski definition) is 1. The second-order valence-corrected chi connectivity index (χ2v) is 4.38. The average Bonchev–Trinajstić information content (AvgIpc) is 2.47. The molecule has 0 spiro atoms. The number of H-pyrrole nitrogens is 1. The van der Waals surface area contributed by atoms with Crippen LogP contribution in [-0.2, 0) is 5.41 Å². The highest BCUT2D eigenvalue weighted by molar-refractivity contribution is 5.75. The molecule has 0 aromatic carbocycles. The molecule has 2 aromatic rings. The standard InChI is InChI=1S/C11H14N2/c1-11(2,3)8-6-10-9(13-7-8)4-5-12-10/h4-7,12H,1-3H3. The molecule has 0 fully saturated rings. The molecule has 68 valence electrons. The topological polar surface area (TPSA) is 28.7 Å². The second kappa shape index (κ2) is 2.59. The number of rotatable bonds is 0. The summed E-state index contributed by atoms with van der Waals surface area (Å²) >= 11 is 0. The maximum Gasteiger partial charge on any atom is 0.0878 e. The number of pyridine rings is 1. The molecule has 1 N–H and O–H groups in total. The summed E-state index contributed by atoms with van der Waals surface area (Å²) in [4.78, 5) is 7.55. The van der Waals surface area contributed by atoms with E-state index in [1.54, 1.807) is 0 Å². The zero-order valence-electron chi connectivity index (χ0n) is 8.26. The third-order valence-corrected chi connectivity index (χ3v) is 2.26. The molecule has 0 aliphatic heterocycles. The first-order chi connectivity index (χ1) is 6.07. The van der Waals surface area contributed by atoms with Gasteiger partial charge >= 0.3 is 0 Å². The number of fused-ring (bicyclic) bond motifs is 1. The van der Waals surface area contributed by atoms with Gasteiger partial charge in [-0.15, -0.1) is 0 Å².